The number of nitrogens with zero attached hydrogens (tertiary/aromatic N) is 1. The van der Waals surface area contributed by atoms with Gasteiger partial charge in [-0.05, 0) is 0 Å². The fraction of sp³-hybridized carbons (Fsp3) is 0.214. The first kappa shape index (κ1) is 4.30. The summed E-state index contributed by atoms with van der Waals surface area (Å²) in [6, 6.07) is 2.82. The molecule has 2 heteroatoms. The third kappa shape index (κ3) is 2.53. The molecule has 2 rings (SSSR count). The van der Waals surface area contributed by atoms with E-state index in [0.29, 0.717) is 0 Å². The van der Waals surface area contributed by atoms with Crippen LogP contribution in [-0.4, -0.2) is 18.3 Å². The molecule has 0 saturated carbocycles. The van der Waals surface area contributed by atoms with Gasteiger partial charge >= 0.3 is 113 Å². The zero-order chi connectivity index (χ0) is 20.1. The number of hydrogen-bond donors (Lipinski definition) is 0. The predicted octanol–water partition coefficient (Wildman–Crippen LogP) is 3.29. The van der Waals surface area contributed by atoms with Crippen LogP contribution < -0.4 is 4.40 Å². The Balaban J connectivity index is 2.59. The fourth-order valence-corrected chi connectivity index (χ4v) is 2.82. The first-order valence-electron chi connectivity index (χ1n) is 9.76. The summed E-state index contributed by atoms with van der Waals surface area (Å²) in [5, 5.41) is 0. The van der Waals surface area contributed by atoms with Crippen LogP contribution in [0, 0.1) is 0 Å². The van der Waals surface area contributed by atoms with E-state index in [4.69, 9.17) is 13.7 Å². The van der Waals surface area contributed by atoms with Crippen molar-refractivity contribution in [1.82, 2.24) is 4.98 Å². The van der Waals surface area contributed by atoms with Crippen molar-refractivity contribution in [1.29, 1.82) is 0 Å². The summed E-state index contributed by atoms with van der Waals surface area (Å²) < 4.78 is 77.5. The van der Waals surface area contributed by atoms with Crippen LogP contribution in [0.5, 0.6) is 0 Å². The van der Waals surface area contributed by atoms with Crippen LogP contribution in [0.1, 0.15) is 13.7 Å². The standard InChI is InChI=1S/C14H17GeN/c1-15(2,3)13-9-10-14(16-11-13)12-7-5-4-6-8-12/h4-11H,1-3H3/i1D3,2D3,4D,5D,6D,7D. The van der Waals surface area contributed by atoms with Crippen molar-refractivity contribution in [3.63, 3.8) is 0 Å². The maximum atomic E-state index is 7.95. The van der Waals surface area contributed by atoms with Crippen LogP contribution in [0.3, 0.4) is 0 Å². The average molecular weight is 282 g/mol. The second-order valence-corrected chi connectivity index (χ2v) is 9.57. The van der Waals surface area contributed by atoms with Gasteiger partial charge in [0.25, 0.3) is 0 Å². The maximum absolute atomic E-state index is 7.95. The van der Waals surface area contributed by atoms with Gasteiger partial charge in [0.2, 0.25) is 0 Å². The van der Waals surface area contributed by atoms with E-state index < -0.39 is 30.7 Å². The second-order valence-electron chi connectivity index (χ2n) is 3.63. The molecule has 0 bridgehead atoms. The van der Waals surface area contributed by atoms with E-state index in [9.17, 15) is 0 Å². The Morgan fingerprint density at radius 2 is 2.06 bits per heavy atom. The summed E-state index contributed by atoms with van der Waals surface area (Å²) in [5.74, 6) is 1.32. The summed E-state index contributed by atoms with van der Waals surface area (Å²) in [5.41, 5.74) is -4.82. The van der Waals surface area contributed by atoms with Gasteiger partial charge in [0.15, 0.2) is 0 Å². The van der Waals surface area contributed by atoms with Gasteiger partial charge in [-0.25, -0.2) is 0 Å². The zero-order valence-electron chi connectivity index (χ0n) is 18.8. The molecule has 0 spiro atoms. The topological polar surface area (TPSA) is 12.9 Å². The number of aromatic nitrogens is 1. The third-order valence-corrected chi connectivity index (χ3v) is 5.21. The van der Waals surface area contributed by atoms with Gasteiger partial charge < -0.3 is 0 Å². The molecule has 2 aromatic rings. The van der Waals surface area contributed by atoms with Crippen molar-refractivity contribution in [2.24, 2.45) is 0 Å². The minimum absolute atomic E-state index is 0.166. The van der Waals surface area contributed by atoms with E-state index in [0.717, 1.165) is 0 Å². The molecular formula is C14H17GeN. The molecule has 1 heterocycles. The van der Waals surface area contributed by atoms with Crippen molar-refractivity contribution >= 4 is 17.7 Å². The average Bonchev–Trinajstić information content (AvgIpc) is 2.53. The van der Waals surface area contributed by atoms with Crippen molar-refractivity contribution in [3.8, 4) is 11.3 Å². The van der Waals surface area contributed by atoms with Gasteiger partial charge in [-0.15, -0.1) is 0 Å². The SMILES string of the molecule is [2H]c1cc(-c2cc[c]([Ge]([CH3])([C]([2H])([2H])[2H])[C]([2H])([2H])[2H])cn2)c([2H])c([2H])c1[2H]. The molecule has 0 amide bonds. The molecular weight excluding hydrogens is 255 g/mol. The molecule has 82 valence electrons. The quantitative estimate of drug-likeness (QED) is 0.770. The van der Waals surface area contributed by atoms with E-state index in [1.165, 1.54) is 30.2 Å². The van der Waals surface area contributed by atoms with Gasteiger partial charge in [0.05, 0.1) is 0 Å². The Hall–Kier alpha value is -1.09. The summed E-state index contributed by atoms with van der Waals surface area (Å²) in [7, 11) is 0. The Kier molecular flexibility index (Phi) is 1.19. The van der Waals surface area contributed by atoms with Gasteiger partial charge in [0, 0.05) is 0 Å². The molecule has 0 saturated heterocycles. The molecule has 16 heavy (non-hydrogen) atoms. The molecule has 1 aromatic carbocycles. The zero-order valence-corrected chi connectivity index (χ0v) is 10.9. The molecule has 0 N–H and O–H groups in total. The number of benzene rings is 1. The molecule has 0 aliphatic heterocycles. The number of pyridine rings is 1. The Morgan fingerprint density at radius 1 is 1.19 bits per heavy atom. The Bertz CT molecular complexity index is 812. The van der Waals surface area contributed by atoms with Crippen molar-refractivity contribution < 1.29 is 13.7 Å². The van der Waals surface area contributed by atoms with Crippen molar-refractivity contribution in [3.05, 3.63) is 48.6 Å². The van der Waals surface area contributed by atoms with E-state index in [1.807, 2.05) is 0 Å². The Labute approximate surface area is 114 Å². The second kappa shape index (κ2) is 4.42. The molecule has 1 nitrogen and oxygen atoms in total. The molecule has 1 aromatic heterocycles. The molecule has 0 fully saturated rings. The van der Waals surface area contributed by atoms with Crippen LogP contribution >= 0.6 is 0 Å². The number of rotatable bonds is 2. The Morgan fingerprint density at radius 3 is 2.75 bits per heavy atom. The summed E-state index contributed by atoms with van der Waals surface area (Å²) in [6.07, 6.45) is 1.22. The van der Waals surface area contributed by atoms with Crippen molar-refractivity contribution in [2.45, 2.75) is 17.1 Å². The first-order valence-corrected chi connectivity index (χ1v) is 10.0. The predicted molar refractivity (Wildman–Crippen MR) is 72.7 cm³/mol. The molecule has 0 atom stereocenters. The molecule has 0 unspecified atom stereocenters. The summed E-state index contributed by atoms with van der Waals surface area (Å²) in [6.45, 7) is 0. The number of hydrogen-bond acceptors (Lipinski definition) is 1. The van der Waals surface area contributed by atoms with E-state index in [1.54, 1.807) is 0 Å². The monoisotopic (exact) mass is 283 g/mol. The first-order chi connectivity index (χ1) is 11.7. The molecule has 0 aliphatic rings. The summed E-state index contributed by atoms with van der Waals surface area (Å²) >= 11 is -4.54. The van der Waals surface area contributed by atoms with E-state index in [2.05, 4.69) is 4.98 Å². The van der Waals surface area contributed by atoms with Crippen LogP contribution in [0.15, 0.2) is 48.6 Å². The van der Waals surface area contributed by atoms with Crippen LogP contribution in [0.2, 0.25) is 17.1 Å². The van der Waals surface area contributed by atoms with E-state index >= 15 is 0 Å². The molecule has 0 radical (unpaired) electrons. The van der Waals surface area contributed by atoms with Gasteiger partial charge in [-0.3, -0.25) is 0 Å². The van der Waals surface area contributed by atoms with Crippen LogP contribution in [0.4, 0.5) is 0 Å². The van der Waals surface area contributed by atoms with Gasteiger partial charge in [0.1, 0.15) is 0 Å². The fourth-order valence-electron chi connectivity index (χ4n) is 1.27. The van der Waals surface area contributed by atoms with E-state index in [-0.39, 0.29) is 33.8 Å². The van der Waals surface area contributed by atoms with Gasteiger partial charge in [-0.2, -0.15) is 0 Å². The van der Waals surface area contributed by atoms with Crippen LogP contribution in [-0.2, 0) is 0 Å². The minimum atomic E-state index is -4.54. The third-order valence-electron chi connectivity index (χ3n) is 2.17. The normalized spacial score (nSPS) is 22.1. The van der Waals surface area contributed by atoms with Crippen molar-refractivity contribution in [2.75, 3.05) is 0 Å². The van der Waals surface area contributed by atoms with Crippen LogP contribution in [0.25, 0.3) is 11.3 Å². The van der Waals surface area contributed by atoms with Gasteiger partial charge in [-0.1, -0.05) is 0 Å². The molecule has 0 aliphatic carbocycles. The summed E-state index contributed by atoms with van der Waals surface area (Å²) in [4.78, 5) is 4.11.